The largest absolute Gasteiger partial charge is 0.350 e. The zero-order chi connectivity index (χ0) is 21.4. The first-order valence-corrected chi connectivity index (χ1v) is 10.2. The molecule has 1 heterocycles. The number of carbonyl (C=O) groups is 2. The van der Waals surface area contributed by atoms with Gasteiger partial charge >= 0.3 is 0 Å². The second-order valence-electron chi connectivity index (χ2n) is 6.77. The topological polar surface area (TPSA) is 49.4 Å². The lowest BCUT2D eigenvalue weighted by molar-refractivity contribution is -0.120. The molecule has 0 aliphatic carbocycles. The summed E-state index contributed by atoms with van der Waals surface area (Å²) in [6.45, 7) is 1.88. The van der Waals surface area contributed by atoms with Gasteiger partial charge in [0.05, 0.1) is 11.3 Å². The van der Waals surface area contributed by atoms with E-state index in [0.29, 0.717) is 32.0 Å². The fourth-order valence-corrected chi connectivity index (χ4v) is 3.69. The molecule has 0 bridgehead atoms. The van der Waals surface area contributed by atoms with Crippen molar-refractivity contribution >= 4 is 63.6 Å². The van der Waals surface area contributed by atoms with Crippen LogP contribution in [0.15, 0.2) is 72.4 Å². The molecule has 30 heavy (non-hydrogen) atoms. The highest BCUT2D eigenvalue weighted by atomic mass is 35.5. The van der Waals surface area contributed by atoms with E-state index in [1.54, 1.807) is 60.7 Å². The van der Waals surface area contributed by atoms with Crippen molar-refractivity contribution in [3.05, 3.63) is 98.6 Å². The Morgan fingerprint density at radius 1 is 0.800 bits per heavy atom. The smallest absolute Gasteiger partial charge is 0.282 e. The molecular weight excluding hydrogens is 443 g/mol. The van der Waals surface area contributed by atoms with Gasteiger partial charge in [-0.1, -0.05) is 59.1 Å². The predicted molar refractivity (Wildman–Crippen MR) is 122 cm³/mol. The Balaban J connectivity index is 1.83. The number of amides is 2. The Bertz CT molecular complexity index is 1200. The van der Waals surface area contributed by atoms with Crippen LogP contribution in [-0.2, 0) is 9.59 Å². The molecule has 0 saturated heterocycles. The van der Waals surface area contributed by atoms with Crippen molar-refractivity contribution in [2.24, 2.45) is 0 Å². The molecule has 4 rings (SSSR count). The van der Waals surface area contributed by atoms with Crippen LogP contribution >= 0.6 is 34.8 Å². The van der Waals surface area contributed by atoms with Gasteiger partial charge in [-0.25, -0.2) is 4.90 Å². The highest BCUT2D eigenvalue weighted by Gasteiger charge is 2.40. The molecule has 1 aliphatic heterocycles. The fourth-order valence-electron chi connectivity index (χ4n) is 3.19. The number of carbonyl (C=O) groups excluding carboxylic acids is 2. The molecule has 0 spiro atoms. The second kappa shape index (κ2) is 8.15. The van der Waals surface area contributed by atoms with E-state index in [2.05, 4.69) is 5.32 Å². The predicted octanol–water partition coefficient (Wildman–Crippen LogP) is 6.35. The molecule has 2 amide bonds. The van der Waals surface area contributed by atoms with Crippen molar-refractivity contribution in [1.82, 2.24) is 0 Å². The summed E-state index contributed by atoms with van der Waals surface area (Å²) < 4.78 is 0. The fraction of sp³-hybridized carbons (Fsp3) is 0.0435. The molecule has 3 aromatic rings. The first-order chi connectivity index (χ1) is 14.3. The minimum absolute atomic E-state index is 0.155. The Morgan fingerprint density at radius 3 is 2.20 bits per heavy atom. The van der Waals surface area contributed by atoms with Crippen molar-refractivity contribution in [2.75, 3.05) is 10.2 Å². The summed E-state index contributed by atoms with van der Waals surface area (Å²) >= 11 is 18.3. The van der Waals surface area contributed by atoms with Gasteiger partial charge in [-0.3, -0.25) is 9.59 Å². The number of benzene rings is 3. The minimum atomic E-state index is -0.482. The minimum Gasteiger partial charge on any atom is -0.350 e. The van der Waals surface area contributed by atoms with Gasteiger partial charge in [0, 0.05) is 20.8 Å². The normalized spacial score (nSPS) is 13.9. The lowest BCUT2D eigenvalue weighted by atomic mass is 10.0. The molecule has 0 radical (unpaired) electrons. The van der Waals surface area contributed by atoms with Gasteiger partial charge in [-0.15, -0.1) is 0 Å². The number of nitrogens with one attached hydrogen (secondary N) is 1. The molecule has 1 N–H and O–H groups in total. The van der Waals surface area contributed by atoms with E-state index in [1.165, 1.54) is 0 Å². The van der Waals surface area contributed by atoms with Crippen LogP contribution in [0.2, 0.25) is 15.1 Å². The molecule has 0 atom stereocenters. The van der Waals surface area contributed by atoms with Gasteiger partial charge < -0.3 is 5.32 Å². The lowest BCUT2D eigenvalue weighted by Gasteiger charge is -2.15. The van der Waals surface area contributed by atoms with E-state index < -0.39 is 11.8 Å². The van der Waals surface area contributed by atoms with Crippen LogP contribution in [0, 0.1) is 6.92 Å². The molecule has 0 unspecified atom stereocenters. The Hall–Kier alpha value is -2.79. The molecule has 0 fully saturated rings. The molecule has 3 aromatic carbocycles. The summed E-state index contributed by atoms with van der Waals surface area (Å²) in [5.74, 6) is -0.936. The van der Waals surface area contributed by atoms with Crippen molar-refractivity contribution in [1.29, 1.82) is 0 Å². The maximum Gasteiger partial charge on any atom is 0.282 e. The van der Waals surface area contributed by atoms with Crippen LogP contribution in [0.5, 0.6) is 0 Å². The van der Waals surface area contributed by atoms with Crippen molar-refractivity contribution in [3.8, 4) is 0 Å². The summed E-state index contributed by atoms with van der Waals surface area (Å²) in [6, 6.07) is 18.7. The molecule has 0 aromatic heterocycles. The van der Waals surface area contributed by atoms with Gasteiger partial charge in [0.1, 0.15) is 5.70 Å². The number of rotatable bonds is 4. The third kappa shape index (κ3) is 3.82. The number of imide groups is 1. The summed E-state index contributed by atoms with van der Waals surface area (Å²) in [4.78, 5) is 27.8. The summed E-state index contributed by atoms with van der Waals surface area (Å²) in [5.41, 5.74) is 2.87. The van der Waals surface area contributed by atoms with Gasteiger partial charge in [0.25, 0.3) is 11.8 Å². The van der Waals surface area contributed by atoms with Gasteiger partial charge in [-0.05, 0) is 60.5 Å². The van der Waals surface area contributed by atoms with Crippen LogP contribution in [0.25, 0.3) is 5.57 Å². The van der Waals surface area contributed by atoms with E-state index in [-0.39, 0.29) is 11.3 Å². The Labute approximate surface area is 188 Å². The van der Waals surface area contributed by atoms with Crippen LogP contribution in [-0.4, -0.2) is 11.8 Å². The monoisotopic (exact) mass is 456 g/mol. The summed E-state index contributed by atoms with van der Waals surface area (Å²) in [5, 5.41) is 4.59. The molecule has 1 aliphatic rings. The van der Waals surface area contributed by atoms with Gasteiger partial charge in [0.2, 0.25) is 0 Å². The average Bonchev–Trinajstić information content (AvgIpc) is 2.95. The van der Waals surface area contributed by atoms with Gasteiger partial charge in [-0.2, -0.15) is 0 Å². The van der Waals surface area contributed by atoms with Crippen LogP contribution in [0.1, 0.15) is 11.1 Å². The SMILES string of the molecule is Cc1ccc(NC2=C(c3ccc(Cl)cc3)C(=O)N(c3cccc(Cl)c3)C2=O)cc1Cl. The van der Waals surface area contributed by atoms with E-state index >= 15 is 0 Å². The van der Waals surface area contributed by atoms with Crippen molar-refractivity contribution in [2.45, 2.75) is 6.92 Å². The van der Waals surface area contributed by atoms with E-state index in [1.807, 2.05) is 13.0 Å². The highest BCUT2D eigenvalue weighted by Crippen LogP contribution is 2.35. The first-order valence-electron chi connectivity index (χ1n) is 9.03. The maximum atomic E-state index is 13.3. The molecule has 150 valence electrons. The van der Waals surface area contributed by atoms with Crippen LogP contribution in [0.4, 0.5) is 11.4 Å². The maximum absolute atomic E-state index is 13.3. The van der Waals surface area contributed by atoms with Gasteiger partial charge in [0.15, 0.2) is 0 Å². The highest BCUT2D eigenvalue weighted by molar-refractivity contribution is 6.46. The lowest BCUT2D eigenvalue weighted by Crippen LogP contribution is -2.32. The quantitative estimate of drug-likeness (QED) is 0.464. The van der Waals surface area contributed by atoms with E-state index in [9.17, 15) is 9.59 Å². The summed E-state index contributed by atoms with van der Waals surface area (Å²) in [6.07, 6.45) is 0. The summed E-state index contributed by atoms with van der Waals surface area (Å²) in [7, 11) is 0. The molecule has 7 heteroatoms. The molecule has 4 nitrogen and oxygen atoms in total. The molecular formula is C23H15Cl3N2O2. The third-order valence-electron chi connectivity index (χ3n) is 4.72. The van der Waals surface area contributed by atoms with Crippen LogP contribution in [0.3, 0.4) is 0 Å². The second-order valence-corrected chi connectivity index (χ2v) is 8.05. The van der Waals surface area contributed by atoms with Crippen molar-refractivity contribution < 1.29 is 9.59 Å². The number of halogens is 3. The standard InChI is InChI=1S/C23H15Cl3N2O2/c1-13-5-10-17(12-19(13)26)27-21-20(14-6-8-15(24)9-7-14)22(29)28(23(21)30)18-4-2-3-16(25)11-18/h2-12,27H,1H3. The average molecular weight is 458 g/mol. The molecule has 0 saturated carbocycles. The number of aryl methyl sites for hydroxylation is 1. The number of anilines is 2. The number of hydrogen-bond donors (Lipinski definition) is 1. The van der Waals surface area contributed by atoms with Crippen molar-refractivity contribution in [3.63, 3.8) is 0 Å². The van der Waals surface area contributed by atoms with E-state index in [0.717, 1.165) is 10.5 Å². The number of nitrogens with zero attached hydrogens (tertiary/aromatic N) is 1. The number of hydrogen-bond acceptors (Lipinski definition) is 3. The zero-order valence-corrected chi connectivity index (χ0v) is 18.0. The van der Waals surface area contributed by atoms with Crippen LogP contribution < -0.4 is 10.2 Å². The zero-order valence-electron chi connectivity index (χ0n) is 15.7. The van der Waals surface area contributed by atoms with E-state index in [4.69, 9.17) is 34.8 Å². The first kappa shape index (κ1) is 20.5. The Kier molecular flexibility index (Phi) is 5.56. The third-order valence-corrected chi connectivity index (χ3v) is 5.62. The Morgan fingerprint density at radius 2 is 1.53 bits per heavy atom.